The molecule has 0 radical (unpaired) electrons. The Morgan fingerprint density at radius 2 is 1.90 bits per heavy atom. The quantitative estimate of drug-likeness (QED) is 0.557. The smallest absolute Gasteiger partial charge is 0.263 e. The Morgan fingerprint density at radius 1 is 1.14 bits per heavy atom. The van der Waals surface area contributed by atoms with E-state index in [4.69, 9.17) is 20.8 Å². The van der Waals surface area contributed by atoms with Crippen LogP contribution in [0.15, 0.2) is 70.2 Å². The van der Waals surface area contributed by atoms with Crippen molar-refractivity contribution in [2.75, 3.05) is 11.3 Å². The molecule has 0 atom stereocenters. The van der Waals surface area contributed by atoms with E-state index in [2.05, 4.69) is 10.0 Å². The molecule has 1 aromatic heterocycles. The van der Waals surface area contributed by atoms with Gasteiger partial charge in [0.25, 0.3) is 15.9 Å². The summed E-state index contributed by atoms with van der Waals surface area (Å²) >= 11 is 6.09. The topological polar surface area (TPSA) is 97.6 Å². The van der Waals surface area contributed by atoms with Crippen LogP contribution in [-0.4, -0.2) is 20.9 Å². The lowest BCUT2D eigenvalue weighted by Crippen LogP contribution is -2.23. The normalized spacial score (nSPS) is 11.1. The monoisotopic (exact) mass is 434 g/mol. The van der Waals surface area contributed by atoms with Crippen molar-refractivity contribution in [1.29, 1.82) is 0 Å². The Bertz CT molecular complexity index is 1080. The summed E-state index contributed by atoms with van der Waals surface area (Å²) in [5, 5.41) is 2.67. The van der Waals surface area contributed by atoms with E-state index in [1.54, 1.807) is 36.4 Å². The first-order valence-electron chi connectivity index (χ1n) is 8.75. The van der Waals surface area contributed by atoms with Crippen molar-refractivity contribution in [3.63, 3.8) is 0 Å². The number of benzene rings is 2. The largest absolute Gasteiger partial charge is 0.494 e. The summed E-state index contributed by atoms with van der Waals surface area (Å²) < 4.78 is 38.5. The van der Waals surface area contributed by atoms with Gasteiger partial charge in [0.05, 0.1) is 24.4 Å². The van der Waals surface area contributed by atoms with Crippen LogP contribution in [0.1, 0.15) is 23.0 Å². The maximum atomic E-state index is 12.8. The number of amides is 1. The number of anilines is 1. The average molecular weight is 435 g/mol. The third-order valence-corrected chi connectivity index (χ3v) is 5.77. The van der Waals surface area contributed by atoms with E-state index in [1.807, 2.05) is 6.92 Å². The fraction of sp³-hybridized carbons (Fsp3) is 0.150. The van der Waals surface area contributed by atoms with Crippen LogP contribution in [0.25, 0.3) is 0 Å². The van der Waals surface area contributed by atoms with Crippen LogP contribution in [-0.2, 0) is 16.6 Å². The van der Waals surface area contributed by atoms with Gasteiger partial charge < -0.3 is 14.5 Å². The van der Waals surface area contributed by atoms with E-state index >= 15 is 0 Å². The fourth-order valence-corrected chi connectivity index (χ4v) is 4.11. The summed E-state index contributed by atoms with van der Waals surface area (Å²) in [7, 11) is -4.00. The van der Waals surface area contributed by atoms with Gasteiger partial charge >= 0.3 is 0 Å². The van der Waals surface area contributed by atoms with Gasteiger partial charge in [-0.2, -0.15) is 0 Å². The van der Waals surface area contributed by atoms with Crippen LogP contribution in [0, 0.1) is 0 Å². The van der Waals surface area contributed by atoms with Gasteiger partial charge in [-0.15, -0.1) is 0 Å². The van der Waals surface area contributed by atoms with Crippen molar-refractivity contribution < 1.29 is 22.4 Å². The van der Waals surface area contributed by atoms with Crippen molar-refractivity contribution in [2.24, 2.45) is 0 Å². The molecule has 1 heterocycles. The fourth-order valence-electron chi connectivity index (χ4n) is 2.53. The Hall–Kier alpha value is -2.97. The van der Waals surface area contributed by atoms with Crippen LogP contribution in [0.4, 0.5) is 5.69 Å². The van der Waals surface area contributed by atoms with Crippen molar-refractivity contribution >= 4 is 33.2 Å². The predicted octanol–water partition coefficient (Wildman–Crippen LogP) is 4.06. The summed E-state index contributed by atoms with van der Waals surface area (Å²) in [6.07, 6.45) is 1.50. The molecule has 0 bridgehead atoms. The number of nitrogens with one attached hydrogen (secondary N) is 2. The molecule has 0 fully saturated rings. The Morgan fingerprint density at radius 3 is 2.55 bits per heavy atom. The van der Waals surface area contributed by atoms with E-state index in [9.17, 15) is 13.2 Å². The van der Waals surface area contributed by atoms with Gasteiger partial charge in [0.15, 0.2) is 0 Å². The number of ether oxygens (including phenoxy) is 1. The molecule has 2 aromatic carbocycles. The summed E-state index contributed by atoms with van der Waals surface area (Å²) in [5.74, 6) is 0.761. The molecule has 9 heteroatoms. The number of rotatable bonds is 8. The molecule has 152 valence electrons. The van der Waals surface area contributed by atoms with Gasteiger partial charge in [-0.25, -0.2) is 8.42 Å². The molecule has 29 heavy (non-hydrogen) atoms. The second-order valence-corrected chi connectivity index (χ2v) is 8.03. The minimum atomic E-state index is -4.00. The molecular weight excluding hydrogens is 416 g/mol. The van der Waals surface area contributed by atoms with E-state index in [1.165, 1.54) is 24.5 Å². The average Bonchev–Trinajstić information content (AvgIpc) is 3.21. The van der Waals surface area contributed by atoms with Crippen molar-refractivity contribution in [2.45, 2.75) is 18.4 Å². The van der Waals surface area contributed by atoms with Crippen molar-refractivity contribution in [1.82, 2.24) is 5.32 Å². The highest BCUT2D eigenvalue weighted by Crippen LogP contribution is 2.26. The molecule has 0 saturated carbocycles. The summed E-state index contributed by atoms with van der Waals surface area (Å²) in [5.41, 5.74) is 0.505. The first-order chi connectivity index (χ1) is 13.9. The van der Waals surface area contributed by atoms with Gasteiger partial charge in [-0.3, -0.25) is 9.52 Å². The Kier molecular flexibility index (Phi) is 6.46. The summed E-state index contributed by atoms with van der Waals surface area (Å²) in [4.78, 5) is 12.2. The van der Waals surface area contributed by atoms with E-state index < -0.39 is 15.9 Å². The van der Waals surface area contributed by atoms with Crippen LogP contribution in [0.3, 0.4) is 0 Å². The zero-order chi connectivity index (χ0) is 20.9. The molecule has 0 aliphatic heterocycles. The SMILES string of the molecule is CCOc1ccc(NS(=O)(=O)c2cc(C(=O)NCc3ccco3)ccc2Cl)cc1. The lowest BCUT2D eigenvalue weighted by molar-refractivity contribution is 0.0948. The van der Waals surface area contributed by atoms with Crippen LogP contribution in [0.2, 0.25) is 5.02 Å². The molecule has 0 aliphatic rings. The predicted molar refractivity (Wildman–Crippen MR) is 110 cm³/mol. The Balaban J connectivity index is 1.77. The molecule has 7 nitrogen and oxygen atoms in total. The molecular formula is C20H19ClN2O5S. The molecule has 1 amide bonds. The maximum Gasteiger partial charge on any atom is 0.263 e. The Labute approximate surface area is 173 Å². The standard InChI is InChI=1S/C20H19ClN2O5S/c1-2-27-16-8-6-15(7-9-16)23-29(25,26)19-12-14(5-10-18(19)21)20(24)22-13-17-4-3-11-28-17/h3-12,23H,2,13H2,1H3,(H,22,24). The van der Waals surface area contributed by atoms with Gasteiger partial charge in [-0.1, -0.05) is 11.6 Å². The maximum absolute atomic E-state index is 12.8. The number of hydrogen-bond donors (Lipinski definition) is 2. The molecule has 0 spiro atoms. The number of halogens is 1. The van der Waals surface area contributed by atoms with E-state index in [0.29, 0.717) is 23.8 Å². The van der Waals surface area contributed by atoms with Crippen molar-refractivity contribution in [3.05, 3.63) is 77.2 Å². The number of furan rings is 1. The van der Waals surface area contributed by atoms with Crippen LogP contribution in [0.5, 0.6) is 5.75 Å². The lowest BCUT2D eigenvalue weighted by atomic mass is 10.2. The lowest BCUT2D eigenvalue weighted by Gasteiger charge is -2.12. The van der Waals surface area contributed by atoms with E-state index in [-0.39, 0.29) is 22.0 Å². The third-order valence-electron chi connectivity index (χ3n) is 3.90. The highest BCUT2D eigenvalue weighted by atomic mass is 35.5. The first kappa shape index (κ1) is 20.8. The molecule has 0 unspecified atom stereocenters. The highest BCUT2D eigenvalue weighted by molar-refractivity contribution is 7.92. The van der Waals surface area contributed by atoms with Gasteiger partial charge in [-0.05, 0) is 61.5 Å². The summed E-state index contributed by atoms with van der Waals surface area (Å²) in [6, 6.07) is 14.0. The first-order valence-corrected chi connectivity index (χ1v) is 10.6. The van der Waals surface area contributed by atoms with Gasteiger partial charge in [0, 0.05) is 11.3 Å². The highest BCUT2D eigenvalue weighted by Gasteiger charge is 2.20. The molecule has 0 aliphatic carbocycles. The van der Waals surface area contributed by atoms with Gasteiger partial charge in [0.1, 0.15) is 16.4 Å². The number of sulfonamides is 1. The zero-order valence-electron chi connectivity index (χ0n) is 15.5. The minimum absolute atomic E-state index is 0.00558. The molecule has 0 saturated heterocycles. The minimum Gasteiger partial charge on any atom is -0.494 e. The van der Waals surface area contributed by atoms with Crippen molar-refractivity contribution in [3.8, 4) is 5.75 Å². The van der Waals surface area contributed by atoms with E-state index in [0.717, 1.165) is 0 Å². The van der Waals surface area contributed by atoms with Crippen LogP contribution < -0.4 is 14.8 Å². The zero-order valence-corrected chi connectivity index (χ0v) is 17.1. The number of hydrogen-bond acceptors (Lipinski definition) is 5. The number of carbonyl (C=O) groups excluding carboxylic acids is 1. The summed E-state index contributed by atoms with van der Waals surface area (Å²) in [6.45, 7) is 2.55. The molecule has 3 rings (SSSR count). The number of carbonyl (C=O) groups is 1. The molecule has 2 N–H and O–H groups in total. The van der Waals surface area contributed by atoms with Gasteiger partial charge in [0.2, 0.25) is 0 Å². The molecule has 3 aromatic rings. The second-order valence-electron chi connectivity index (χ2n) is 5.97. The van der Waals surface area contributed by atoms with Crippen LogP contribution >= 0.6 is 11.6 Å². The third kappa shape index (κ3) is 5.30. The second kappa shape index (κ2) is 9.02.